The molecular formula is C9H10N4OS. The zero-order valence-corrected chi connectivity index (χ0v) is 8.74. The molecule has 0 aromatic carbocycles. The lowest BCUT2D eigenvalue weighted by molar-refractivity contribution is 0.276. The van der Waals surface area contributed by atoms with Gasteiger partial charge in [-0.15, -0.1) is 0 Å². The number of aliphatic hydroxyl groups excluding tert-OH is 1. The predicted octanol–water partition coefficient (Wildman–Crippen LogP) is 0.995. The van der Waals surface area contributed by atoms with Crippen molar-refractivity contribution in [3.63, 3.8) is 0 Å². The molecule has 5 nitrogen and oxygen atoms in total. The minimum atomic E-state index is 0.0289. The average Bonchev–Trinajstić information content (AvgIpc) is 2.63. The van der Waals surface area contributed by atoms with E-state index in [0.717, 1.165) is 5.56 Å². The van der Waals surface area contributed by atoms with Gasteiger partial charge in [-0.3, -0.25) is 14.6 Å². The Morgan fingerprint density at radius 1 is 1.53 bits per heavy atom. The summed E-state index contributed by atoms with van der Waals surface area (Å²) in [4.78, 5) is 4.01. The van der Waals surface area contributed by atoms with E-state index < -0.39 is 0 Å². The molecule has 0 radical (unpaired) electrons. The molecule has 78 valence electrons. The first-order chi connectivity index (χ1) is 7.33. The van der Waals surface area contributed by atoms with Crippen LogP contribution in [0.4, 0.5) is 0 Å². The fourth-order valence-electron chi connectivity index (χ4n) is 1.34. The van der Waals surface area contributed by atoms with Crippen molar-refractivity contribution < 1.29 is 5.11 Å². The second kappa shape index (κ2) is 4.33. The number of H-pyrrole nitrogens is 1. The van der Waals surface area contributed by atoms with Crippen LogP contribution in [0.3, 0.4) is 0 Å². The largest absolute Gasteiger partial charge is 0.395 e. The summed E-state index contributed by atoms with van der Waals surface area (Å²) in [6, 6.07) is 3.72. The molecule has 0 saturated heterocycles. The normalized spacial score (nSPS) is 10.5. The summed E-state index contributed by atoms with van der Waals surface area (Å²) in [6.45, 7) is 0.459. The standard InChI is InChI=1S/C9H10N4OS/c14-5-4-13-8(11-12-9(13)15)7-2-1-3-10-6-7/h1-3,6,14H,4-5H2,(H,12,15). The molecule has 0 aliphatic carbocycles. The highest BCUT2D eigenvalue weighted by molar-refractivity contribution is 7.71. The van der Waals surface area contributed by atoms with Crippen LogP contribution in [-0.4, -0.2) is 31.5 Å². The maximum absolute atomic E-state index is 8.91. The zero-order valence-electron chi connectivity index (χ0n) is 7.92. The summed E-state index contributed by atoms with van der Waals surface area (Å²) in [5.41, 5.74) is 0.873. The van der Waals surface area contributed by atoms with E-state index in [1.807, 2.05) is 12.1 Å². The third-order valence-corrected chi connectivity index (χ3v) is 2.31. The molecule has 2 rings (SSSR count). The van der Waals surface area contributed by atoms with Gasteiger partial charge in [0.2, 0.25) is 0 Å². The van der Waals surface area contributed by atoms with Crippen LogP contribution in [0.2, 0.25) is 0 Å². The molecule has 0 saturated carbocycles. The first-order valence-electron chi connectivity index (χ1n) is 4.49. The van der Waals surface area contributed by atoms with Crippen molar-refractivity contribution in [2.24, 2.45) is 0 Å². The van der Waals surface area contributed by atoms with E-state index >= 15 is 0 Å². The number of nitrogens with one attached hydrogen (secondary N) is 1. The summed E-state index contributed by atoms with van der Waals surface area (Å²) < 4.78 is 2.25. The van der Waals surface area contributed by atoms with Gasteiger partial charge < -0.3 is 5.11 Å². The van der Waals surface area contributed by atoms with Gasteiger partial charge in [0.05, 0.1) is 13.2 Å². The van der Waals surface area contributed by atoms with Gasteiger partial charge in [0, 0.05) is 18.0 Å². The molecule has 0 fully saturated rings. The lowest BCUT2D eigenvalue weighted by atomic mass is 10.3. The van der Waals surface area contributed by atoms with Crippen molar-refractivity contribution in [2.45, 2.75) is 6.54 Å². The van der Waals surface area contributed by atoms with E-state index in [1.54, 1.807) is 17.0 Å². The monoisotopic (exact) mass is 222 g/mol. The van der Waals surface area contributed by atoms with Gasteiger partial charge >= 0.3 is 0 Å². The molecule has 0 aliphatic rings. The van der Waals surface area contributed by atoms with Crippen LogP contribution in [-0.2, 0) is 6.54 Å². The number of aromatic nitrogens is 4. The lowest BCUT2D eigenvalue weighted by Gasteiger charge is -2.03. The van der Waals surface area contributed by atoms with Crippen molar-refractivity contribution in [2.75, 3.05) is 6.61 Å². The molecule has 0 aliphatic heterocycles. The number of aromatic amines is 1. The van der Waals surface area contributed by atoms with E-state index in [4.69, 9.17) is 17.3 Å². The van der Waals surface area contributed by atoms with Gasteiger partial charge in [0.15, 0.2) is 10.6 Å². The quantitative estimate of drug-likeness (QED) is 0.760. The van der Waals surface area contributed by atoms with Crippen LogP contribution in [0.25, 0.3) is 11.4 Å². The molecule has 6 heteroatoms. The van der Waals surface area contributed by atoms with Gasteiger partial charge in [-0.2, -0.15) is 5.10 Å². The van der Waals surface area contributed by atoms with Gasteiger partial charge in [-0.1, -0.05) is 0 Å². The highest BCUT2D eigenvalue weighted by Gasteiger charge is 2.07. The third kappa shape index (κ3) is 1.95. The topological polar surface area (TPSA) is 66.7 Å². The molecule has 0 spiro atoms. The summed E-state index contributed by atoms with van der Waals surface area (Å²) in [5, 5.41) is 15.7. The van der Waals surface area contributed by atoms with Gasteiger partial charge in [-0.05, 0) is 24.4 Å². The number of nitrogens with zero attached hydrogens (tertiary/aromatic N) is 3. The Labute approximate surface area is 91.4 Å². The van der Waals surface area contributed by atoms with Gasteiger partial charge in [0.25, 0.3) is 0 Å². The second-order valence-corrected chi connectivity index (χ2v) is 3.36. The molecular weight excluding hydrogens is 212 g/mol. The van der Waals surface area contributed by atoms with E-state index in [9.17, 15) is 0 Å². The van der Waals surface area contributed by atoms with E-state index in [0.29, 0.717) is 17.1 Å². The van der Waals surface area contributed by atoms with Crippen LogP contribution in [0.1, 0.15) is 0 Å². The Morgan fingerprint density at radius 3 is 3.07 bits per heavy atom. The fraction of sp³-hybridized carbons (Fsp3) is 0.222. The van der Waals surface area contributed by atoms with E-state index in [2.05, 4.69) is 15.2 Å². The number of hydrogen-bond acceptors (Lipinski definition) is 4. The maximum atomic E-state index is 8.91. The van der Waals surface area contributed by atoms with Gasteiger partial charge in [-0.25, -0.2) is 0 Å². The molecule has 15 heavy (non-hydrogen) atoms. The first-order valence-corrected chi connectivity index (χ1v) is 4.90. The molecule has 2 aromatic heterocycles. The highest BCUT2D eigenvalue weighted by Crippen LogP contribution is 2.14. The molecule has 2 heterocycles. The molecule has 0 bridgehead atoms. The minimum Gasteiger partial charge on any atom is -0.395 e. The third-order valence-electron chi connectivity index (χ3n) is 2.00. The van der Waals surface area contributed by atoms with E-state index in [1.165, 1.54) is 0 Å². The molecule has 0 amide bonds. The highest BCUT2D eigenvalue weighted by atomic mass is 32.1. The van der Waals surface area contributed by atoms with Crippen LogP contribution in [0, 0.1) is 4.77 Å². The predicted molar refractivity (Wildman–Crippen MR) is 57.7 cm³/mol. The van der Waals surface area contributed by atoms with Crippen LogP contribution < -0.4 is 0 Å². The van der Waals surface area contributed by atoms with Crippen LogP contribution in [0.15, 0.2) is 24.5 Å². The van der Waals surface area contributed by atoms with Crippen LogP contribution >= 0.6 is 12.2 Å². The number of hydrogen-bond donors (Lipinski definition) is 2. The maximum Gasteiger partial charge on any atom is 0.195 e. The van der Waals surface area contributed by atoms with E-state index in [-0.39, 0.29) is 6.61 Å². The molecule has 2 N–H and O–H groups in total. The Morgan fingerprint density at radius 2 is 2.40 bits per heavy atom. The summed E-state index contributed by atoms with van der Waals surface area (Å²) in [7, 11) is 0. The van der Waals surface area contributed by atoms with Crippen molar-refractivity contribution in [3.8, 4) is 11.4 Å². The van der Waals surface area contributed by atoms with Crippen molar-refractivity contribution in [3.05, 3.63) is 29.3 Å². The average molecular weight is 222 g/mol. The van der Waals surface area contributed by atoms with Crippen LogP contribution in [0.5, 0.6) is 0 Å². The summed E-state index contributed by atoms with van der Waals surface area (Å²) >= 11 is 5.05. The Hall–Kier alpha value is -1.53. The number of pyridine rings is 1. The fourth-order valence-corrected chi connectivity index (χ4v) is 1.56. The molecule has 0 unspecified atom stereocenters. The summed E-state index contributed by atoms with van der Waals surface area (Å²) in [5.74, 6) is 0.696. The second-order valence-electron chi connectivity index (χ2n) is 2.97. The minimum absolute atomic E-state index is 0.0289. The van der Waals surface area contributed by atoms with Crippen molar-refractivity contribution in [1.82, 2.24) is 19.7 Å². The Bertz CT molecular complexity index is 490. The summed E-state index contributed by atoms with van der Waals surface area (Å²) in [6.07, 6.45) is 3.40. The zero-order chi connectivity index (χ0) is 10.7. The lowest BCUT2D eigenvalue weighted by Crippen LogP contribution is -2.04. The number of rotatable bonds is 3. The van der Waals surface area contributed by atoms with Gasteiger partial charge in [0.1, 0.15) is 0 Å². The first kappa shape index (κ1) is 10.0. The smallest absolute Gasteiger partial charge is 0.195 e. The van der Waals surface area contributed by atoms with Crippen molar-refractivity contribution in [1.29, 1.82) is 0 Å². The Balaban J connectivity index is 2.49. The SMILES string of the molecule is OCCn1c(-c2cccnc2)n[nH]c1=S. The number of aliphatic hydroxyl groups is 1. The van der Waals surface area contributed by atoms with Crippen molar-refractivity contribution >= 4 is 12.2 Å². The molecule has 0 atom stereocenters. The Kier molecular flexibility index (Phi) is 2.89. The molecule has 2 aromatic rings.